The lowest BCUT2D eigenvalue weighted by molar-refractivity contribution is -0.134. The summed E-state index contributed by atoms with van der Waals surface area (Å²) < 4.78 is 4.51. The quantitative estimate of drug-likeness (QED) is 0.252. The number of carbonyl (C=O) groups excluding carboxylic acids is 1. The Balaban J connectivity index is 3.51. The average molecular weight is 294 g/mol. The Kier molecular flexibility index (Phi) is 14.1. The second-order valence-electron chi connectivity index (χ2n) is 5.09. The van der Waals surface area contributed by atoms with Crippen LogP contribution in [0, 0.1) is 0 Å². The van der Waals surface area contributed by atoms with Gasteiger partial charge in [-0.3, -0.25) is 0 Å². The maximum atomic E-state index is 10.8. The number of rotatable bonds is 12. The molecule has 0 aromatic heterocycles. The minimum absolute atomic E-state index is 0.294. The van der Waals surface area contributed by atoms with Gasteiger partial charge in [-0.2, -0.15) is 0 Å². The molecule has 3 heteroatoms. The summed E-state index contributed by atoms with van der Waals surface area (Å²) in [6.45, 7) is 2.16. The van der Waals surface area contributed by atoms with E-state index < -0.39 is 0 Å². The van der Waals surface area contributed by atoms with E-state index >= 15 is 0 Å². The van der Waals surface area contributed by atoms with Crippen LogP contribution in [0.15, 0.2) is 36.5 Å². The number of aliphatic hydroxyl groups excluding tert-OH is 1. The van der Waals surface area contributed by atoms with Gasteiger partial charge in [0.1, 0.15) is 0 Å². The van der Waals surface area contributed by atoms with Crippen molar-refractivity contribution in [2.75, 3.05) is 7.11 Å². The van der Waals surface area contributed by atoms with Gasteiger partial charge in [0.05, 0.1) is 13.2 Å². The van der Waals surface area contributed by atoms with Crippen molar-refractivity contribution >= 4 is 5.97 Å². The molecule has 0 unspecified atom stereocenters. The zero-order valence-electron chi connectivity index (χ0n) is 13.5. The summed E-state index contributed by atoms with van der Waals surface area (Å²) in [4.78, 5) is 10.8. The smallest absolute Gasteiger partial charge is 0.330 e. The lowest BCUT2D eigenvalue weighted by Gasteiger charge is -2.03. The van der Waals surface area contributed by atoms with Gasteiger partial charge in [0.25, 0.3) is 0 Å². The van der Waals surface area contributed by atoms with E-state index in [-0.39, 0.29) is 12.1 Å². The SMILES string of the molecule is CCCCC[C@H](O)C=CC=CCCCCC=CC(=O)OC. The highest BCUT2D eigenvalue weighted by molar-refractivity contribution is 5.81. The second kappa shape index (κ2) is 15.0. The third-order valence-electron chi connectivity index (χ3n) is 3.13. The first-order valence-electron chi connectivity index (χ1n) is 7.96. The van der Waals surface area contributed by atoms with Crippen LogP contribution in [0.5, 0.6) is 0 Å². The summed E-state index contributed by atoms with van der Waals surface area (Å²) in [5.74, 6) is -0.294. The molecule has 0 aromatic carbocycles. The molecule has 0 aliphatic rings. The molecule has 0 saturated carbocycles. The Morgan fingerprint density at radius 2 is 1.81 bits per heavy atom. The summed E-state index contributed by atoms with van der Waals surface area (Å²) in [5, 5.41) is 9.67. The molecule has 120 valence electrons. The zero-order valence-corrected chi connectivity index (χ0v) is 13.5. The van der Waals surface area contributed by atoms with Gasteiger partial charge >= 0.3 is 5.97 Å². The van der Waals surface area contributed by atoms with Crippen molar-refractivity contribution in [1.82, 2.24) is 0 Å². The Hall–Kier alpha value is -1.35. The van der Waals surface area contributed by atoms with Crippen LogP contribution in [0.1, 0.15) is 58.3 Å². The van der Waals surface area contributed by atoms with Crippen LogP contribution in [0.3, 0.4) is 0 Å². The first-order chi connectivity index (χ1) is 10.2. The van der Waals surface area contributed by atoms with Gasteiger partial charge in [0, 0.05) is 6.08 Å². The third kappa shape index (κ3) is 14.9. The fraction of sp³-hybridized carbons (Fsp3) is 0.611. The molecule has 0 saturated heterocycles. The fourth-order valence-electron chi connectivity index (χ4n) is 1.84. The zero-order chi connectivity index (χ0) is 15.8. The van der Waals surface area contributed by atoms with Gasteiger partial charge in [-0.1, -0.05) is 56.6 Å². The summed E-state index contributed by atoms with van der Waals surface area (Å²) in [7, 11) is 1.38. The van der Waals surface area contributed by atoms with Crippen LogP contribution in [-0.4, -0.2) is 24.3 Å². The number of hydrogen-bond donors (Lipinski definition) is 1. The van der Waals surface area contributed by atoms with Crippen LogP contribution >= 0.6 is 0 Å². The molecule has 0 spiro atoms. The molecule has 0 aliphatic heterocycles. The molecule has 0 radical (unpaired) electrons. The van der Waals surface area contributed by atoms with Gasteiger partial charge in [-0.15, -0.1) is 0 Å². The second-order valence-corrected chi connectivity index (χ2v) is 5.09. The predicted octanol–water partition coefficient (Wildman–Crippen LogP) is 4.33. The molecule has 21 heavy (non-hydrogen) atoms. The van der Waals surface area contributed by atoms with Crippen LogP contribution < -0.4 is 0 Å². The molecule has 0 heterocycles. The van der Waals surface area contributed by atoms with Crippen molar-refractivity contribution in [1.29, 1.82) is 0 Å². The lowest BCUT2D eigenvalue weighted by atomic mass is 10.1. The van der Waals surface area contributed by atoms with Gasteiger partial charge in [-0.25, -0.2) is 4.79 Å². The normalized spacial score (nSPS) is 13.5. The molecule has 0 aliphatic carbocycles. The van der Waals surface area contributed by atoms with Gasteiger partial charge < -0.3 is 9.84 Å². The summed E-state index contributed by atoms with van der Waals surface area (Å²) in [6.07, 6.45) is 19.3. The number of aliphatic hydroxyl groups is 1. The number of carbonyl (C=O) groups is 1. The number of methoxy groups -OCH3 is 1. The number of unbranched alkanes of at least 4 members (excludes halogenated alkanes) is 5. The van der Waals surface area contributed by atoms with Crippen molar-refractivity contribution in [3.63, 3.8) is 0 Å². The number of allylic oxidation sites excluding steroid dienone is 4. The van der Waals surface area contributed by atoms with E-state index in [0.717, 1.165) is 38.5 Å². The van der Waals surface area contributed by atoms with Crippen molar-refractivity contribution in [2.24, 2.45) is 0 Å². The van der Waals surface area contributed by atoms with E-state index in [0.29, 0.717) is 0 Å². The van der Waals surface area contributed by atoms with Gasteiger partial charge in [-0.05, 0) is 32.1 Å². The fourth-order valence-corrected chi connectivity index (χ4v) is 1.84. The van der Waals surface area contributed by atoms with E-state index in [9.17, 15) is 9.90 Å². The summed E-state index contributed by atoms with van der Waals surface area (Å²) in [6, 6.07) is 0. The molecule has 1 N–H and O–H groups in total. The molecule has 0 rings (SSSR count). The average Bonchev–Trinajstić information content (AvgIpc) is 2.49. The van der Waals surface area contributed by atoms with Crippen molar-refractivity contribution < 1.29 is 14.6 Å². The van der Waals surface area contributed by atoms with Crippen molar-refractivity contribution in [3.05, 3.63) is 36.5 Å². The maximum absolute atomic E-state index is 10.8. The van der Waals surface area contributed by atoms with E-state index in [1.807, 2.05) is 24.3 Å². The largest absolute Gasteiger partial charge is 0.466 e. The first kappa shape index (κ1) is 19.7. The van der Waals surface area contributed by atoms with Crippen molar-refractivity contribution in [2.45, 2.75) is 64.4 Å². The number of ether oxygens (including phenoxy) is 1. The van der Waals surface area contributed by atoms with Crippen molar-refractivity contribution in [3.8, 4) is 0 Å². The minimum atomic E-state index is -0.315. The molecular weight excluding hydrogens is 264 g/mol. The maximum Gasteiger partial charge on any atom is 0.330 e. The van der Waals surface area contributed by atoms with Gasteiger partial charge in [0.2, 0.25) is 0 Å². The molecule has 3 nitrogen and oxygen atoms in total. The monoisotopic (exact) mass is 294 g/mol. The molecule has 0 aromatic rings. The Morgan fingerprint density at radius 1 is 1.10 bits per heavy atom. The van der Waals surface area contributed by atoms with Gasteiger partial charge in [0.15, 0.2) is 0 Å². The number of hydrogen-bond acceptors (Lipinski definition) is 3. The number of esters is 1. The predicted molar refractivity (Wildman–Crippen MR) is 88.1 cm³/mol. The Morgan fingerprint density at radius 3 is 2.48 bits per heavy atom. The Bertz CT molecular complexity index is 329. The highest BCUT2D eigenvalue weighted by atomic mass is 16.5. The summed E-state index contributed by atoms with van der Waals surface area (Å²) >= 11 is 0. The van der Waals surface area contributed by atoms with E-state index in [2.05, 4.69) is 17.7 Å². The molecule has 0 amide bonds. The van der Waals surface area contributed by atoms with Crippen LogP contribution in [0.25, 0.3) is 0 Å². The topological polar surface area (TPSA) is 46.5 Å². The van der Waals surface area contributed by atoms with Crippen LogP contribution in [0.4, 0.5) is 0 Å². The molecule has 0 bridgehead atoms. The van der Waals surface area contributed by atoms with E-state index in [1.165, 1.54) is 26.0 Å². The lowest BCUT2D eigenvalue weighted by Crippen LogP contribution is -2.00. The molecular formula is C18H30O3. The highest BCUT2D eigenvalue weighted by Gasteiger charge is 1.96. The molecule has 0 fully saturated rings. The first-order valence-corrected chi connectivity index (χ1v) is 7.96. The summed E-state index contributed by atoms with van der Waals surface area (Å²) in [5.41, 5.74) is 0. The minimum Gasteiger partial charge on any atom is -0.466 e. The van der Waals surface area contributed by atoms with Crippen LogP contribution in [0.2, 0.25) is 0 Å². The van der Waals surface area contributed by atoms with E-state index in [4.69, 9.17) is 0 Å². The third-order valence-corrected chi connectivity index (χ3v) is 3.13. The highest BCUT2D eigenvalue weighted by Crippen LogP contribution is 2.05. The van der Waals surface area contributed by atoms with E-state index in [1.54, 1.807) is 0 Å². The Labute approximate surface area is 129 Å². The standard InChI is InChI=1S/C18H30O3/c1-3-4-11-14-17(19)15-12-9-7-5-6-8-10-13-16-18(20)21-2/h7,9,12-13,15-17,19H,3-6,8,10-11,14H2,1-2H3/t17-/m0/s1. The van der Waals surface area contributed by atoms with Crippen LogP contribution in [-0.2, 0) is 9.53 Å². The molecule has 1 atom stereocenters.